The average molecular weight is 494 g/mol. The lowest BCUT2D eigenvalue weighted by Gasteiger charge is -2.11. The molecule has 11 heteroatoms. The predicted molar refractivity (Wildman–Crippen MR) is 131 cm³/mol. The first-order valence-corrected chi connectivity index (χ1v) is 12.1. The van der Waals surface area contributed by atoms with E-state index in [-0.39, 0.29) is 21.9 Å². The molecule has 5 rings (SSSR count). The van der Waals surface area contributed by atoms with Gasteiger partial charge in [0.15, 0.2) is 0 Å². The van der Waals surface area contributed by atoms with Crippen LogP contribution in [0.15, 0.2) is 22.8 Å². The standard InChI is InChI=1S/C23H19N5O4S2/c1-31-23(30)15-10-5-2-3-7-13(10)33-21(15)28-20(29)18-17(25)16-14(12-6-4-8-32-12)11(9-24)19(26)27-22(16)34-18/h4,6,8H,2-3,5,7,25H2,1H3,(H2,26,27)(H,28,29). The number of carbonyl (C=O) groups excluding carboxylic acids is 2. The van der Waals surface area contributed by atoms with E-state index in [0.717, 1.165) is 47.5 Å². The molecule has 0 fully saturated rings. The van der Waals surface area contributed by atoms with E-state index in [1.165, 1.54) is 24.7 Å². The second-order valence-corrected chi connectivity index (χ2v) is 9.83. The molecule has 0 unspecified atom stereocenters. The molecular weight excluding hydrogens is 474 g/mol. The molecule has 0 spiro atoms. The number of hydrogen-bond acceptors (Lipinski definition) is 10. The largest absolute Gasteiger partial charge is 0.465 e. The minimum absolute atomic E-state index is 0.0218. The number of ether oxygens (including phenoxy) is 1. The molecule has 1 amide bonds. The lowest BCUT2D eigenvalue weighted by molar-refractivity contribution is 0.0601. The molecule has 4 heterocycles. The first-order chi connectivity index (χ1) is 16.4. The number of thiophene rings is 2. The molecule has 1 aliphatic carbocycles. The molecule has 34 heavy (non-hydrogen) atoms. The third-order valence-electron chi connectivity index (χ3n) is 5.78. The fourth-order valence-electron chi connectivity index (χ4n) is 4.25. The zero-order valence-corrected chi connectivity index (χ0v) is 19.7. The number of aryl methyl sites for hydroxylation is 1. The Labute approximate surface area is 201 Å². The number of nitrogens with one attached hydrogen (secondary N) is 1. The van der Waals surface area contributed by atoms with Gasteiger partial charge in [0, 0.05) is 10.3 Å². The van der Waals surface area contributed by atoms with Gasteiger partial charge in [-0.25, -0.2) is 9.78 Å². The van der Waals surface area contributed by atoms with Crippen LogP contribution in [0.25, 0.3) is 21.5 Å². The van der Waals surface area contributed by atoms with Crippen LogP contribution in [0.4, 0.5) is 16.5 Å². The van der Waals surface area contributed by atoms with Gasteiger partial charge in [-0.2, -0.15) is 5.26 Å². The Kier molecular flexibility index (Phi) is 5.47. The Balaban J connectivity index is 1.62. The highest BCUT2D eigenvalue weighted by molar-refractivity contribution is 7.21. The Morgan fingerprint density at radius 1 is 1.26 bits per heavy atom. The van der Waals surface area contributed by atoms with E-state index in [2.05, 4.69) is 16.4 Å². The predicted octanol–water partition coefficient (Wildman–Crippen LogP) is 4.57. The number of fused-ring (bicyclic) bond motifs is 2. The molecule has 0 aromatic carbocycles. The average Bonchev–Trinajstić information content (AvgIpc) is 3.55. The van der Waals surface area contributed by atoms with Crippen molar-refractivity contribution in [1.29, 1.82) is 5.26 Å². The molecule has 0 radical (unpaired) electrons. The van der Waals surface area contributed by atoms with Crippen molar-refractivity contribution >= 4 is 61.3 Å². The fraction of sp³-hybridized carbons (Fsp3) is 0.217. The zero-order valence-electron chi connectivity index (χ0n) is 18.1. The second-order valence-electron chi connectivity index (χ2n) is 7.72. The minimum Gasteiger partial charge on any atom is -0.465 e. The van der Waals surface area contributed by atoms with E-state index < -0.39 is 11.9 Å². The third-order valence-corrected chi connectivity index (χ3v) is 8.08. The van der Waals surface area contributed by atoms with Gasteiger partial charge in [0.25, 0.3) is 5.91 Å². The number of nitrogen functional groups attached to an aromatic ring is 2. The number of rotatable bonds is 4. The number of nitrogens with two attached hydrogens (primary N) is 2. The van der Waals surface area contributed by atoms with Crippen LogP contribution in [0.5, 0.6) is 0 Å². The molecule has 0 saturated heterocycles. The molecule has 9 nitrogen and oxygen atoms in total. The molecule has 0 atom stereocenters. The topological polar surface area (TPSA) is 157 Å². The number of aromatic nitrogens is 1. The van der Waals surface area contributed by atoms with E-state index in [9.17, 15) is 14.9 Å². The summed E-state index contributed by atoms with van der Waals surface area (Å²) >= 11 is 2.45. The van der Waals surface area contributed by atoms with Crippen molar-refractivity contribution in [2.75, 3.05) is 23.9 Å². The van der Waals surface area contributed by atoms with Crippen LogP contribution in [0, 0.1) is 11.3 Å². The normalized spacial score (nSPS) is 12.8. The zero-order chi connectivity index (χ0) is 24.0. The quantitative estimate of drug-likeness (QED) is 0.349. The maximum Gasteiger partial charge on any atom is 0.341 e. The molecule has 5 N–H and O–H groups in total. The number of pyridine rings is 1. The monoisotopic (exact) mass is 493 g/mol. The Morgan fingerprint density at radius 2 is 2.06 bits per heavy atom. The smallest absolute Gasteiger partial charge is 0.341 e. The van der Waals surface area contributed by atoms with Crippen molar-refractivity contribution in [1.82, 2.24) is 4.98 Å². The van der Waals surface area contributed by atoms with Crippen LogP contribution in [0.1, 0.15) is 48.9 Å². The second kappa shape index (κ2) is 8.48. The molecule has 4 aromatic rings. The summed E-state index contributed by atoms with van der Waals surface area (Å²) in [6, 6.07) is 5.42. The first-order valence-electron chi connectivity index (χ1n) is 10.4. The van der Waals surface area contributed by atoms with E-state index in [0.29, 0.717) is 32.1 Å². The molecule has 1 aliphatic rings. The summed E-state index contributed by atoms with van der Waals surface area (Å²) in [6.07, 6.45) is 5.12. The number of amides is 1. The maximum absolute atomic E-state index is 13.3. The number of nitriles is 1. The number of furan rings is 1. The molecule has 0 bridgehead atoms. The SMILES string of the molecule is COC(=O)c1c(NC(=O)c2sc3nc(N)c(C#N)c(-c4ccco4)c3c2N)sc2c1CCCC2. The number of anilines is 3. The number of hydrogen-bond donors (Lipinski definition) is 3. The van der Waals surface area contributed by atoms with Gasteiger partial charge in [-0.3, -0.25) is 4.79 Å². The summed E-state index contributed by atoms with van der Waals surface area (Å²) in [7, 11) is 1.32. The Bertz CT molecular complexity index is 1490. The van der Waals surface area contributed by atoms with Crippen LogP contribution < -0.4 is 16.8 Å². The van der Waals surface area contributed by atoms with Crippen LogP contribution in [-0.2, 0) is 17.6 Å². The highest BCUT2D eigenvalue weighted by Crippen LogP contribution is 2.44. The molecule has 4 aromatic heterocycles. The fourth-order valence-corrected chi connectivity index (χ4v) is 6.53. The van der Waals surface area contributed by atoms with Gasteiger partial charge in [0.2, 0.25) is 0 Å². The molecule has 0 aliphatic heterocycles. The van der Waals surface area contributed by atoms with Crippen molar-refractivity contribution in [2.45, 2.75) is 25.7 Å². The summed E-state index contributed by atoms with van der Waals surface area (Å²) in [5, 5.41) is 13.4. The van der Waals surface area contributed by atoms with E-state index in [1.807, 2.05) is 0 Å². The molecule has 172 valence electrons. The van der Waals surface area contributed by atoms with Gasteiger partial charge >= 0.3 is 5.97 Å². The summed E-state index contributed by atoms with van der Waals surface area (Å²) in [6.45, 7) is 0. The maximum atomic E-state index is 13.3. The Hall–Kier alpha value is -3.88. The van der Waals surface area contributed by atoms with Crippen molar-refractivity contribution in [3.05, 3.63) is 44.8 Å². The van der Waals surface area contributed by atoms with Crippen LogP contribution in [0.3, 0.4) is 0 Å². The molecule has 0 saturated carbocycles. The van der Waals surface area contributed by atoms with Crippen molar-refractivity contribution < 1.29 is 18.7 Å². The number of carbonyl (C=O) groups is 2. The van der Waals surface area contributed by atoms with Crippen LogP contribution in [-0.4, -0.2) is 24.0 Å². The van der Waals surface area contributed by atoms with Gasteiger partial charge in [-0.1, -0.05) is 0 Å². The lowest BCUT2D eigenvalue weighted by Crippen LogP contribution is -2.15. The summed E-state index contributed by atoms with van der Waals surface area (Å²) in [5.74, 6) is -0.543. The van der Waals surface area contributed by atoms with E-state index in [4.69, 9.17) is 20.6 Å². The first kappa shape index (κ1) is 21.9. The highest BCUT2D eigenvalue weighted by atomic mass is 32.1. The molecular formula is C23H19N5O4S2. The van der Waals surface area contributed by atoms with E-state index in [1.54, 1.807) is 12.1 Å². The number of methoxy groups -OCH3 is 1. The van der Waals surface area contributed by atoms with Gasteiger partial charge < -0.3 is 25.9 Å². The van der Waals surface area contributed by atoms with Crippen LogP contribution in [0.2, 0.25) is 0 Å². The summed E-state index contributed by atoms with van der Waals surface area (Å²) < 4.78 is 10.5. The lowest BCUT2D eigenvalue weighted by atomic mass is 9.95. The van der Waals surface area contributed by atoms with Gasteiger partial charge in [-0.15, -0.1) is 22.7 Å². The van der Waals surface area contributed by atoms with Crippen LogP contribution >= 0.6 is 22.7 Å². The van der Waals surface area contributed by atoms with Gasteiger partial charge in [0.05, 0.1) is 30.2 Å². The van der Waals surface area contributed by atoms with Gasteiger partial charge in [-0.05, 0) is 43.4 Å². The number of esters is 1. The minimum atomic E-state index is -0.480. The van der Waals surface area contributed by atoms with Crippen molar-refractivity contribution in [3.63, 3.8) is 0 Å². The third kappa shape index (κ3) is 3.39. The van der Waals surface area contributed by atoms with Gasteiger partial charge in [0.1, 0.15) is 37.9 Å². The number of nitrogens with zero attached hydrogens (tertiary/aromatic N) is 2. The van der Waals surface area contributed by atoms with Crippen molar-refractivity contribution in [2.24, 2.45) is 0 Å². The highest BCUT2D eigenvalue weighted by Gasteiger charge is 2.29. The summed E-state index contributed by atoms with van der Waals surface area (Å²) in [4.78, 5) is 31.9. The summed E-state index contributed by atoms with van der Waals surface area (Å²) in [5.41, 5.74) is 14.5. The Morgan fingerprint density at radius 3 is 2.76 bits per heavy atom. The van der Waals surface area contributed by atoms with Crippen molar-refractivity contribution in [3.8, 4) is 17.4 Å². The van der Waals surface area contributed by atoms with E-state index >= 15 is 0 Å².